The molecule has 0 bridgehead atoms. The molecule has 2 nitrogen and oxygen atoms in total. The lowest BCUT2D eigenvalue weighted by Crippen LogP contribution is -2.32. The number of halogens is 3. The zero-order valence-electron chi connectivity index (χ0n) is 12.7. The minimum Gasteiger partial charge on any atom is -0.473 e. The summed E-state index contributed by atoms with van der Waals surface area (Å²) in [5.41, 5.74) is 0.851. The van der Waals surface area contributed by atoms with Crippen LogP contribution in [0.2, 0.25) is 0 Å². The molecule has 0 spiro atoms. The average Bonchev–Trinajstić information content (AvgIpc) is 2.60. The van der Waals surface area contributed by atoms with Gasteiger partial charge < -0.3 is 9.64 Å². The second-order valence-corrected chi connectivity index (χ2v) is 5.78. The highest BCUT2D eigenvalue weighted by molar-refractivity contribution is 5.88. The largest absolute Gasteiger partial charge is 0.473 e. The molecule has 3 aromatic carbocycles. The Kier molecular flexibility index (Phi) is 3.37. The highest BCUT2D eigenvalue weighted by atomic mass is 19.4. The Morgan fingerprint density at radius 1 is 0.917 bits per heavy atom. The normalized spacial score (nSPS) is 14.4. The molecule has 0 aliphatic carbocycles. The van der Waals surface area contributed by atoms with E-state index in [1.807, 2.05) is 41.3 Å². The smallest absolute Gasteiger partial charge is 0.416 e. The molecule has 0 amide bonds. The van der Waals surface area contributed by atoms with Crippen molar-refractivity contribution in [2.24, 2.45) is 0 Å². The van der Waals surface area contributed by atoms with Gasteiger partial charge in [-0.1, -0.05) is 36.4 Å². The molecule has 1 aliphatic rings. The summed E-state index contributed by atoms with van der Waals surface area (Å²) in [4.78, 5) is 1.81. The number of nitrogens with zero attached hydrogens (tertiary/aromatic N) is 1. The molecule has 0 atom stereocenters. The number of rotatable bonds is 1. The predicted molar refractivity (Wildman–Crippen MR) is 87.1 cm³/mol. The lowest BCUT2D eigenvalue weighted by Gasteiger charge is -2.32. The van der Waals surface area contributed by atoms with Crippen LogP contribution in [0.3, 0.4) is 0 Å². The molecule has 24 heavy (non-hydrogen) atoms. The molecule has 0 radical (unpaired) electrons. The third-order valence-electron chi connectivity index (χ3n) is 4.26. The first-order chi connectivity index (χ1) is 11.5. The average molecular weight is 329 g/mol. The molecule has 5 heteroatoms. The van der Waals surface area contributed by atoms with Crippen LogP contribution in [0.1, 0.15) is 11.1 Å². The van der Waals surface area contributed by atoms with E-state index in [9.17, 15) is 13.2 Å². The molecule has 1 heterocycles. The SMILES string of the molecule is FC(F)(F)c1cccc(N2COc3ccc4ccccc4c3C2)c1. The van der Waals surface area contributed by atoms with Crippen LogP contribution in [0, 0.1) is 0 Å². The third kappa shape index (κ3) is 2.56. The number of anilines is 1. The van der Waals surface area contributed by atoms with Crippen molar-refractivity contribution in [1.82, 2.24) is 0 Å². The van der Waals surface area contributed by atoms with Gasteiger partial charge in [0.15, 0.2) is 6.73 Å². The molecule has 122 valence electrons. The Balaban J connectivity index is 1.73. The fourth-order valence-electron chi connectivity index (χ4n) is 3.04. The lowest BCUT2D eigenvalue weighted by molar-refractivity contribution is -0.137. The van der Waals surface area contributed by atoms with Gasteiger partial charge in [0.2, 0.25) is 0 Å². The van der Waals surface area contributed by atoms with Crippen LogP contribution in [0.25, 0.3) is 10.8 Å². The topological polar surface area (TPSA) is 12.5 Å². The Morgan fingerprint density at radius 3 is 2.58 bits per heavy atom. The second-order valence-electron chi connectivity index (χ2n) is 5.78. The summed E-state index contributed by atoms with van der Waals surface area (Å²) in [5.74, 6) is 0.789. The minimum atomic E-state index is -4.35. The summed E-state index contributed by atoms with van der Waals surface area (Å²) in [6.45, 7) is 0.741. The van der Waals surface area contributed by atoms with E-state index in [1.54, 1.807) is 6.07 Å². The van der Waals surface area contributed by atoms with Gasteiger partial charge in [-0.3, -0.25) is 0 Å². The molecule has 0 unspecified atom stereocenters. The Hall–Kier alpha value is -2.69. The van der Waals surface area contributed by atoms with Gasteiger partial charge in [-0.05, 0) is 35.0 Å². The first-order valence-corrected chi connectivity index (χ1v) is 7.58. The fourth-order valence-corrected chi connectivity index (χ4v) is 3.04. The van der Waals surface area contributed by atoms with Crippen molar-refractivity contribution < 1.29 is 17.9 Å². The molecule has 1 aliphatic heterocycles. The van der Waals surface area contributed by atoms with E-state index in [1.165, 1.54) is 12.1 Å². The van der Waals surface area contributed by atoms with Gasteiger partial charge in [0.25, 0.3) is 0 Å². The number of hydrogen-bond donors (Lipinski definition) is 0. The van der Waals surface area contributed by atoms with E-state index >= 15 is 0 Å². The van der Waals surface area contributed by atoms with Gasteiger partial charge in [-0.2, -0.15) is 13.2 Å². The standard InChI is InChI=1S/C19H14F3NO/c20-19(21,22)14-5-3-6-15(10-14)23-11-17-16-7-2-1-4-13(16)8-9-18(17)24-12-23/h1-10H,11-12H2. The first kappa shape index (κ1) is 14.9. The van der Waals surface area contributed by atoms with E-state index in [0.717, 1.165) is 28.2 Å². The van der Waals surface area contributed by atoms with E-state index in [0.29, 0.717) is 12.2 Å². The van der Waals surface area contributed by atoms with Crippen LogP contribution in [0.4, 0.5) is 18.9 Å². The Labute approximate surface area is 137 Å². The monoisotopic (exact) mass is 329 g/mol. The highest BCUT2D eigenvalue weighted by Crippen LogP contribution is 2.36. The maximum atomic E-state index is 12.9. The highest BCUT2D eigenvalue weighted by Gasteiger charge is 2.31. The zero-order valence-corrected chi connectivity index (χ0v) is 12.7. The summed E-state index contributed by atoms with van der Waals surface area (Å²) >= 11 is 0. The Morgan fingerprint density at radius 2 is 1.75 bits per heavy atom. The zero-order chi connectivity index (χ0) is 16.7. The van der Waals surface area contributed by atoms with Crippen LogP contribution in [0.5, 0.6) is 5.75 Å². The van der Waals surface area contributed by atoms with Gasteiger partial charge in [0.05, 0.1) is 12.1 Å². The molecule has 0 saturated carbocycles. The summed E-state index contributed by atoms with van der Waals surface area (Å²) in [6, 6.07) is 17.2. The molecular weight excluding hydrogens is 315 g/mol. The van der Waals surface area contributed by atoms with Crippen LogP contribution in [-0.4, -0.2) is 6.73 Å². The minimum absolute atomic E-state index is 0.229. The van der Waals surface area contributed by atoms with Crippen molar-refractivity contribution in [3.8, 4) is 5.75 Å². The fraction of sp³-hybridized carbons (Fsp3) is 0.158. The molecule has 0 fully saturated rings. The van der Waals surface area contributed by atoms with Gasteiger partial charge in [-0.15, -0.1) is 0 Å². The summed E-state index contributed by atoms with van der Waals surface area (Å²) in [7, 11) is 0. The molecule has 3 aromatic rings. The maximum absolute atomic E-state index is 12.9. The van der Waals surface area contributed by atoms with Crippen molar-refractivity contribution in [3.63, 3.8) is 0 Å². The second kappa shape index (κ2) is 5.44. The van der Waals surface area contributed by atoms with Crippen LogP contribution >= 0.6 is 0 Å². The van der Waals surface area contributed by atoms with Crippen molar-refractivity contribution in [2.45, 2.75) is 12.7 Å². The van der Waals surface area contributed by atoms with Crippen molar-refractivity contribution in [3.05, 3.63) is 71.8 Å². The summed E-state index contributed by atoms with van der Waals surface area (Å²) in [5, 5.41) is 2.15. The van der Waals surface area contributed by atoms with E-state index < -0.39 is 11.7 Å². The maximum Gasteiger partial charge on any atom is 0.416 e. The molecular formula is C19H14F3NO. The molecule has 0 saturated heterocycles. The quantitative estimate of drug-likeness (QED) is 0.607. The Bertz CT molecular complexity index is 904. The number of fused-ring (bicyclic) bond motifs is 3. The van der Waals surface area contributed by atoms with E-state index in [-0.39, 0.29) is 6.73 Å². The summed E-state index contributed by atoms with van der Waals surface area (Å²) < 4.78 is 44.6. The lowest BCUT2D eigenvalue weighted by atomic mass is 10.0. The van der Waals surface area contributed by atoms with Crippen molar-refractivity contribution in [1.29, 1.82) is 0 Å². The van der Waals surface area contributed by atoms with Gasteiger partial charge in [0, 0.05) is 11.3 Å². The summed E-state index contributed by atoms with van der Waals surface area (Å²) in [6.07, 6.45) is -4.35. The number of ether oxygens (including phenoxy) is 1. The van der Waals surface area contributed by atoms with Crippen LogP contribution < -0.4 is 9.64 Å². The number of alkyl halides is 3. The van der Waals surface area contributed by atoms with Crippen molar-refractivity contribution in [2.75, 3.05) is 11.6 Å². The van der Waals surface area contributed by atoms with E-state index in [4.69, 9.17) is 4.74 Å². The molecule has 0 N–H and O–H groups in total. The van der Waals surface area contributed by atoms with Gasteiger partial charge in [0.1, 0.15) is 5.75 Å². The van der Waals surface area contributed by atoms with Crippen LogP contribution in [0.15, 0.2) is 60.7 Å². The van der Waals surface area contributed by atoms with Crippen LogP contribution in [-0.2, 0) is 12.7 Å². The molecule has 0 aromatic heterocycles. The van der Waals surface area contributed by atoms with Gasteiger partial charge in [-0.25, -0.2) is 0 Å². The molecule has 4 rings (SSSR count). The number of hydrogen-bond acceptors (Lipinski definition) is 2. The number of benzene rings is 3. The van der Waals surface area contributed by atoms with Crippen molar-refractivity contribution >= 4 is 16.5 Å². The van der Waals surface area contributed by atoms with Gasteiger partial charge >= 0.3 is 6.18 Å². The predicted octanol–water partition coefficient (Wildman–Crippen LogP) is 5.22. The van der Waals surface area contributed by atoms with E-state index in [2.05, 4.69) is 0 Å². The third-order valence-corrected chi connectivity index (χ3v) is 4.26. The first-order valence-electron chi connectivity index (χ1n) is 7.58.